The van der Waals surface area contributed by atoms with Gasteiger partial charge in [0, 0.05) is 10.9 Å². The Morgan fingerprint density at radius 2 is 1.23 bits per heavy atom. The quantitative estimate of drug-likeness (QED) is 0.274. The number of benzene rings is 5. The van der Waals surface area contributed by atoms with Crippen molar-refractivity contribution in [1.29, 1.82) is 0 Å². The van der Waals surface area contributed by atoms with Crippen LogP contribution in [0.15, 0.2) is 126 Å². The minimum absolute atomic E-state index is 0.0640. The van der Waals surface area contributed by atoms with E-state index in [1.165, 1.54) is 12.1 Å². The number of fused-ring (bicyclic) bond motifs is 1. The maximum atomic E-state index is 13.6. The van der Waals surface area contributed by atoms with E-state index in [2.05, 4.69) is 4.72 Å². The Balaban J connectivity index is 1.68. The highest BCUT2D eigenvalue weighted by Gasteiger charge is 2.36. The average molecular weight is 482 g/mol. The Morgan fingerprint density at radius 1 is 0.629 bits per heavy atom. The van der Waals surface area contributed by atoms with Gasteiger partial charge in [-0.15, -0.1) is 0 Å². The fourth-order valence-corrected chi connectivity index (χ4v) is 5.69. The molecule has 0 aromatic heterocycles. The molecule has 1 unspecified atom stereocenters. The van der Waals surface area contributed by atoms with Crippen molar-refractivity contribution < 1.29 is 18.6 Å². The summed E-state index contributed by atoms with van der Waals surface area (Å²) < 4.78 is 29.9. The molecule has 5 nitrogen and oxygen atoms in total. The molecule has 5 aromatic rings. The second kappa shape index (κ2) is 8.91. The molecule has 3 N–H and O–H groups in total. The van der Waals surface area contributed by atoms with Gasteiger partial charge in [0.2, 0.25) is 0 Å². The van der Waals surface area contributed by atoms with Gasteiger partial charge in [-0.1, -0.05) is 97.1 Å². The summed E-state index contributed by atoms with van der Waals surface area (Å²) in [5, 5.41) is 23.5. The summed E-state index contributed by atoms with van der Waals surface area (Å²) in [6, 6.07) is 34.5. The summed E-state index contributed by atoms with van der Waals surface area (Å²) in [6.45, 7) is 0. The van der Waals surface area contributed by atoms with Gasteiger partial charge in [-0.3, -0.25) is 4.72 Å². The Hall–Kier alpha value is -4.13. The maximum Gasteiger partial charge on any atom is 0.262 e. The van der Waals surface area contributed by atoms with Crippen LogP contribution < -0.4 is 4.72 Å². The van der Waals surface area contributed by atoms with Crippen molar-refractivity contribution >= 4 is 26.5 Å². The zero-order valence-electron chi connectivity index (χ0n) is 18.7. The minimum Gasteiger partial charge on any atom is -0.508 e. The number of rotatable bonds is 6. The second-order valence-corrected chi connectivity index (χ2v) is 9.90. The molecule has 0 fully saturated rings. The number of aliphatic hydroxyl groups is 1. The van der Waals surface area contributed by atoms with E-state index in [-0.39, 0.29) is 16.3 Å². The molecule has 0 amide bonds. The van der Waals surface area contributed by atoms with Gasteiger partial charge in [0.05, 0.1) is 10.6 Å². The topological polar surface area (TPSA) is 86.6 Å². The lowest BCUT2D eigenvalue weighted by atomic mass is 9.79. The third-order valence-corrected chi connectivity index (χ3v) is 7.50. The first-order valence-electron chi connectivity index (χ1n) is 11.1. The van der Waals surface area contributed by atoms with Crippen LogP contribution in [0.1, 0.15) is 16.7 Å². The monoisotopic (exact) mass is 481 g/mol. The molecule has 35 heavy (non-hydrogen) atoms. The smallest absolute Gasteiger partial charge is 0.262 e. The van der Waals surface area contributed by atoms with Crippen LogP contribution in [-0.4, -0.2) is 18.6 Å². The standard InChI is InChI=1S/C29H23NO4S/c31-24-19-17-23(18-20-24)29(32,22-11-2-1-3-12-22)26-14-6-7-15-27(26)30-35(33,34)28-16-8-10-21-9-4-5-13-25(21)28/h1-20,30-32H. The molecule has 0 radical (unpaired) electrons. The van der Waals surface area contributed by atoms with E-state index in [1.54, 1.807) is 72.8 Å². The maximum absolute atomic E-state index is 13.6. The molecule has 5 aromatic carbocycles. The fourth-order valence-electron chi connectivity index (χ4n) is 4.38. The third-order valence-electron chi connectivity index (χ3n) is 6.08. The second-order valence-electron chi connectivity index (χ2n) is 8.25. The molecule has 0 heterocycles. The van der Waals surface area contributed by atoms with Crippen molar-refractivity contribution in [3.63, 3.8) is 0 Å². The van der Waals surface area contributed by atoms with Crippen molar-refractivity contribution in [2.75, 3.05) is 4.72 Å². The molecule has 1 atom stereocenters. The van der Waals surface area contributed by atoms with Crippen LogP contribution in [0, 0.1) is 0 Å². The summed E-state index contributed by atoms with van der Waals surface area (Å²) in [5.74, 6) is 0.0640. The fraction of sp³-hybridized carbons (Fsp3) is 0.0345. The van der Waals surface area contributed by atoms with Crippen molar-refractivity contribution in [3.8, 4) is 5.75 Å². The van der Waals surface area contributed by atoms with E-state index in [4.69, 9.17) is 0 Å². The first kappa shape index (κ1) is 22.7. The van der Waals surface area contributed by atoms with Gasteiger partial charge in [0.1, 0.15) is 11.4 Å². The number of phenolic OH excluding ortho intramolecular Hbond substituents is 1. The summed E-state index contributed by atoms with van der Waals surface area (Å²) in [5.41, 5.74) is -0.0336. The predicted octanol–water partition coefficient (Wildman–Crippen LogP) is 5.63. The van der Waals surface area contributed by atoms with Gasteiger partial charge in [-0.05, 0) is 40.8 Å². The molecule has 0 bridgehead atoms. The molecule has 0 saturated carbocycles. The third kappa shape index (κ3) is 4.14. The molecular weight excluding hydrogens is 458 g/mol. The average Bonchev–Trinajstić information content (AvgIpc) is 2.89. The number of sulfonamides is 1. The van der Waals surface area contributed by atoms with Crippen molar-refractivity contribution in [3.05, 3.63) is 138 Å². The zero-order valence-corrected chi connectivity index (χ0v) is 19.5. The van der Waals surface area contributed by atoms with E-state index >= 15 is 0 Å². The first-order chi connectivity index (χ1) is 16.9. The summed E-state index contributed by atoms with van der Waals surface area (Å²) >= 11 is 0. The van der Waals surface area contributed by atoms with Gasteiger partial charge in [-0.2, -0.15) is 0 Å². The molecule has 5 rings (SSSR count). The van der Waals surface area contributed by atoms with E-state index in [9.17, 15) is 18.6 Å². The zero-order chi connectivity index (χ0) is 24.5. The number of hydrogen-bond acceptors (Lipinski definition) is 4. The number of anilines is 1. The molecule has 0 saturated heterocycles. The summed E-state index contributed by atoms with van der Waals surface area (Å²) in [7, 11) is -3.99. The lowest BCUT2D eigenvalue weighted by Gasteiger charge is -2.32. The normalized spacial score (nSPS) is 13.3. The molecule has 6 heteroatoms. The molecule has 0 aliphatic carbocycles. The largest absolute Gasteiger partial charge is 0.508 e. The summed E-state index contributed by atoms with van der Waals surface area (Å²) in [6.07, 6.45) is 0. The van der Waals surface area contributed by atoms with Gasteiger partial charge in [-0.25, -0.2) is 8.42 Å². The molecule has 174 valence electrons. The molecule has 0 aliphatic heterocycles. The number of nitrogens with one attached hydrogen (secondary N) is 1. The Labute approximate surface area is 204 Å². The van der Waals surface area contributed by atoms with Gasteiger partial charge in [0.25, 0.3) is 10.0 Å². The van der Waals surface area contributed by atoms with E-state index < -0.39 is 15.6 Å². The van der Waals surface area contributed by atoms with Gasteiger partial charge in [0.15, 0.2) is 0 Å². The lowest BCUT2D eigenvalue weighted by Crippen LogP contribution is -2.30. The minimum atomic E-state index is -3.99. The van der Waals surface area contributed by atoms with Crippen LogP contribution in [-0.2, 0) is 15.6 Å². The van der Waals surface area contributed by atoms with Gasteiger partial charge >= 0.3 is 0 Å². The van der Waals surface area contributed by atoms with Crippen molar-refractivity contribution in [2.24, 2.45) is 0 Å². The lowest BCUT2D eigenvalue weighted by molar-refractivity contribution is 0.126. The highest BCUT2D eigenvalue weighted by Crippen LogP contribution is 2.41. The molecule has 0 aliphatic rings. The Morgan fingerprint density at radius 3 is 2.00 bits per heavy atom. The van der Waals surface area contributed by atoms with Crippen LogP contribution in [0.4, 0.5) is 5.69 Å². The highest BCUT2D eigenvalue weighted by atomic mass is 32.2. The van der Waals surface area contributed by atoms with Gasteiger partial charge < -0.3 is 10.2 Å². The van der Waals surface area contributed by atoms with Crippen molar-refractivity contribution in [2.45, 2.75) is 10.5 Å². The van der Waals surface area contributed by atoms with E-state index in [0.29, 0.717) is 22.1 Å². The van der Waals surface area contributed by atoms with Crippen LogP contribution in [0.25, 0.3) is 10.8 Å². The van der Waals surface area contributed by atoms with Crippen molar-refractivity contribution in [1.82, 2.24) is 0 Å². The highest BCUT2D eigenvalue weighted by molar-refractivity contribution is 7.93. The van der Waals surface area contributed by atoms with Crippen LogP contribution in [0.3, 0.4) is 0 Å². The van der Waals surface area contributed by atoms with Crippen LogP contribution >= 0.6 is 0 Å². The number of hydrogen-bond donors (Lipinski definition) is 3. The Bertz CT molecular complexity index is 1590. The summed E-state index contributed by atoms with van der Waals surface area (Å²) in [4.78, 5) is 0.151. The number of para-hydroxylation sites is 1. The predicted molar refractivity (Wildman–Crippen MR) is 138 cm³/mol. The van der Waals surface area contributed by atoms with Crippen LogP contribution in [0.5, 0.6) is 5.75 Å². The van der Waals surface area contributed by atoms with E-state index in [1.807, 2.05) is 36.4 Å². The number of phenols is 1. The van der Waals surface area contributed by atoms with E-state index in [0.717, 1.165) is 5.39 Å². The first-order valence-corrected chi connectivity index (χ1v) is 12.6. The SMILES string of the molecule is O=S(=O)(Nc1ccccc1C(O)(c1ccccc1)c1ccc(O)cc1)c1cccc2ccccc12. The Kier molecular flexibility index (Phi) is 5.76. The number of aromatic hydroxyl groups is 1. The van der Waals surface area contributed by atoms with Crippen LogP contribution in [0.2, 0.25) is 0 Å². The molecular formula is C29H23NO4S. The molecule has 0 spiro atoms.